The van der Waals surface area contributed by atoms with Crippen molar-refractivity contribution in [3.05, 3.63) is 41.2 Å². The average Bonchev–Trinajstić information content (AvgIpc) is 2.86. The van der Waals surface area contributed by atoms with Crippen molar-refractivity contribution in [3.8, 4) is 11.5 Å². The second-order valence-electron chi connectivity index (χ2n) is 3.97. The zero-order chi connectivity index (χ0) is 14.8. The molecule has 1 heterocycles. The van der Waals surface area contributed by atoms with Crippen LogP contribution >= 0.6 is 0 Å². The number of ether oxygens (including phenoxy) is 1. The van der Waals surface area contributed by atoms with Gasteiger partial charge < -0.3 is 9.84 Å². The van der Waals surface area contributed by atoms with E-state index in [9.17, 15) is 18.3 Å². The van der Waals surface area contributed by atoms with Gasteiger partial charge in [-0.2, -0.15) is 18.3 Å². The largest absolute Gasteiger partial charge is 0.504 e. The quantitative estimate of drug-likeness (QED) is 0.909. The molecule has 0 bridgehead atoms. The Bertz CT molecular complexity index is 633. The minimum atomic E-state index is -4.44. The van der Waals surface area contributed by atoms with Crippen LogP contribution in [0.1, 0.15) is 17.0 Å². The molecule has 2 aromatic rings. The first kappa shape index (κ1) is 14.0. The SMILES string of the molecule is COc1cc(C=Cc2cc(C(F)(F)F)[nH]n2)ccc1O. The summed E-state index contributed by atoms with van der Waals surface area (Å²) in [5.41, 5.74) is -0.0824. The molecule has 1 aromatic heterocycles. The third-order valence-electron chi connectivity index (χ3n) is 2.55. The number of phenolic OH excluding ortho intramolecular Hbond substituents is 1. The summed E-state index contributed by atoms with van der Waals surface area (Å²) in [6.45, 7) is 0. The van der Waals surface area contributed by atoms with E-state index in [1.807, 2.05) is 5.10 Å². The van der Waals surface area contributed by atoms with E-state index < -0.39 is 11.9 Å². The number of H-pyrrole nitrogens is 1. The maximum atomic E-state index is 12.4. The summed E-state index contributed by atoms with van der Waals surface area (Å²) in [4.78, 5) is 0. The maximum Gasteiger partial charge on any atom is 0.432 e. The van der Waals surface area contributed by atoms with Crippen LogP contribution in [0.25, 0.3) is 12.2 Å². The zero-order valence-corrected chi connectivity index (χ0v) is 10.4. The van der Waals surface area contributed by atoms with Crippen LogP contribution in [0.3, 0.4) is 0 Å². The topological polar surface area (TPSA) is 58.1 Å². The molecule has 2 N–H and O–H groups in total. The minimum absolute atomic E-state index is 0.0104. The number of phenols is 1. The molecule has 0 saturated carbocycles. The number of rotatable bonds is 3. The monoisotopic (exact) mass is 284 g/mol. The van der Waals surface area contributed by atoms with Crippen LogP contribution in [0.4, 0.5) is 13.2 Å². The van der Waals surface area contributed by atoms with E-state index in [0.29, 0.717) is 5.56 Å². The van der Waals surface area contributed by atoms with E-state index in [2.05, 4.69) is 5.10 Å². The fraction of sp³-hybridized carbons (Fsp3) is 0.154. The van der Waals surface area contributed by atoms with E-state index >= 15 is 0 Å². The molecule has 0 saturated heterocycles. The number of aromatic hydroxyl groups is 1. The predicted octanol–water partition coefficient (Wildman–Crippen LogP) is 3.31. The number of methoxy groups -OCH3 is 1. The zero-order valence-electron chi connectivity index (χ0n) is 10.4. The molecule has 106 valence electrons. The molecule has 0 aliphatic carbocycles. The van der Waals surface area contributed by atoms with Crippen molar-refractivity contribution in [2.75, 3.05) is 7.11 Å². The van der Waals surface area contributed by atoms with E-state index in [-0.39, 0.29) is 17.2 Å². The molecule has 0 aliphatic rings. The predicted molar refractivity (Wildman–Crippen MR) is 67.2 cm³/mol. The molecule has 2 rings (SSSR count). The van der Waals surface area contributed by atoms with Crippen molar-refractivity contribution >= 4 is 12.2 Å². The molecule has 0 unspecified atom stereocenters. The summed E-state index contributed by atoms with van der Waals surface area (Å²) in [5, 5.41) is 14.9. The summed E-state index contributed by atoms with van der Waals surface area (Å²) in [5.74, 6) is 0.272. The molecular weight excluding hydrogens is 273 g/mol. The smallest absolute Gasteiger partial charge is 0.432 e. The molecular formula is C13H11F3N2O2. The molecule has 0 atom stereocenters. The first-order chi connectivity index (χ1) is 9.40. The van der Waals surface area contributed by atoms with Gasteiger partial charge in [-0.3, -0.25) is 5.10 Å². The Kier molecular flexibility index (Phi) is 3.69. The van der Waals surface area contributed by atoms with Gasteiger partial charge in [0.2, 0.25) is 0 Å². The van der Waals surface area contributed by atoms with Gasteiger partial charge in [0.15, 0.2) is 11.5 Å². The van der Waals surface area contributed by atoms with Crippen molar-refractivity contribution in [3.63, 3.8) is 0 Å². The fourth-order valence-corrected chi connectivity index (χ4v) is 1.55. The molecule has 4 nitrogen and oxygen atoms in total. The number of aromatic nitrogens is 2. The van der Waals surface area contributed by atoms with Gasteiger partial charge in [-0.25, -0.2) is 0 Å². The molecule has 0 radical (unpaired) electrons. The van der Waals surface area contributed by atoms with Crippen LogP contribution in [0.5, 0.6) is 11.5 Å². The summed E-state index contributed by atoms with van der Waals surface area (Å²) in [6, 6.07) is 5.51. The Morgan fingerprint density at radius 3 is 2.60 bits per heavy atom. The van der Waals surface area contributed by atoms with Crippen LogP contribution in [0.15, 0.2) is 24.3 Å². The Hall–Kier alpha value is -2.44. The summed E-state index contributed by atoms with van der Waals surface area (Å²) in [6.07, 6.45) is -1.45. The Labute approximate surface area is 112 Å². The second-order valence-corrected chi connectivity index (χ2v) is 3.97. The number of aromatic amines is 1. The highest BCUT2D eigenvalue weighted by Crippen LogP contribution is 2.29. The van der Waals surface area contributed by atoms with Gasteiger partial charge in [-0.05, 0) is 29.8 Å². The Balaban J connectivity index is 2.19. The lowest BCUT2D eigenvalue weighted by molar-refractivity contribution is -0.141. The highest BCUT2D eigenvalue weighted by Gasteiger charge is 2.32. The number of alkyl halides is 3. The molecule has 1 aromatic carbocycles. The molecule has 20 heavy (non-hydrogen) atoms. The highest BCUT2D eigenvalue weighted by molar-refractivity contribution is 5.69. The van der Waals surface area contributed by atoms with Crippen LogP contribution in [-0.2, 0) is 6.18 Å². The maximum absolute atomic E-state index is 12.4. The number of hydrogen-bond donors (Lipinski definition) is 2. The van der Waals surface area contributed by atoms with Gasteiger partial charge in [0.1, 0.15) is 5.69 Å². The van der Waals surface area contributed by atoms with Crippen LogP contribution < -0.4 is 4.74 Å². The minimum Gasteiger partial charge on any atom is -0.504 e. The number of nitrogens with zero attached hydrogens (tertiary/aromatic N) is 1. The number of hydrogen-bond acceptors (Lipinski definition) is 3. The van der Waals surface area contributed by atoms with E-state index in [4.69, 9.17) is 4.74 Å². The fourth-order valence-electron chi connectivity index (χ4n) is 1.55. The van der Waals surface area contributed by atoms with Gasteiger partial charge in [-0.1, -0.05) is 12.1 Å². The van der Waals surface area contributed by atoms with Crippen molar-refractivity contribution in [2.24, 2.45) is 0 Å². The van der Waals surface area contributed by atoms with Crippen molar-refractivity contribution < 1.29 is 23.0 Å². The van der Waals surface area contributed by atoms with Crippen molar-refractivity contribution in [2.45, 2.75) is 6.18 Å². The van der Waals surface area contributed by atoms with Crippen molar-refractivity contribution in [1.29, 1.82) is 0 Å². The summed E-state index contributed by atoms with van der Waals surface area (Å²) >= 11 is 0. The number of halogens is 3. The van der Waals surface area contributed by atoms with Gasteiger partial charge >= 0.3 is 6.18 Å². The van der Waals surface area contributed by atoms with Crippen LogP contribution in [0.2, 0.25) is 0 Å². The molecule has 0 amide bonds. The number of benzene rings is 1. The molecule has 0 spiro atoms. The highest BCUT2D eigenvalue weighted by atomic mass is 19.4. The lowest BCUT2D eigenvalue weighted by atomic mass is 10.1. The molecule has 7 heteroatoms. The van der Waals surface area contributed by atoms with Gasteiger partial charge in [0.25, 0.3) is 0 Å². The third-order valence-corrected chi connectivity index (χ3v) is 2.55. The standard InChI is InChI=1S/C13H11F3N2O2/c1-20-11-6-8(3-5-10(11)19)2-4-9-7-12(18-17-9)13(14,15)16/h2-7,19H,1H3,(H,17,18). The average molecular weight is 284 g/mol. The van der Waals surface area contributed by atoms with E-state index in [0.717, 1.165) is 6.07 Å². The lowest BCUT2D eigenvalue weighted by Crippen LogP contribution is -2.04. The summed E-state index contributed by atoms with van der Waals surface area (Å²) in [7, 11) is 1.41. The van der Waals surface area contributed by atoms with E-state index in [1.54, 1.807) is 18.2 Å². The summed E-state index contributed by atoms with van der Waals surface area (Å²) < 4.78 is 42.0. The van der Waals surface area contributed by atoms with Gasteiger partial charge in [0.05, 0.1) is 12.8 Å². The van der Waals surface area contributed by atoms with E-state index in [1.165, 1.54) is 19.3 Å². The molecule has 0 fully saturated rings. The van der Waals surface area contributed by atoms with Gasteiger partial charge in [-0.15, -0.1) is 0 Å². The normalized spacial score (nSPS) is 12.0. The first-order valence-electron chi connectivity index (χ1n) is 5.58. The second kappa shape index (κ2) is 5.28. The third kappa shape index (κ3) is 3.11. The molecule has 0 aliphatic heterocycles. The van der Waals surface area contributed by atoms with Crippen LogP contribution in [-0.4, -0.2) is 22.4 Å². The van der Waals surface area contributed by atoms with Crippen LogP contribution in [0, 0.1) is 0 Å². The first-order valence-corrected chi connectivity index (χ1v) is 5.58. The lowest BCUT2D eigenvalue weighted by Gasteiger charge is -2.03. The van der Waals surface area contributed by atoms with Crippen molar-refractivity contribution in [1.82, 2.24) is 10.2 Å². The van der Waals surface area contributed by atoms with Gasteiger partial charge in [0, 0.05) is 0 Å². The Morgan fingerprint density at radius 1 is 1.25 bits per heavy atom. The Morgan fingerprint density at radius 2 is 2.00 bits per heavy atom. The number of nitrogens with one attached hydrogen (secondary N) is 1.